The van der Waals surface area contributed by atoms with Crippen molar-refractivity contribution in [3.05, 3.63) is 42.0 Å². The van der Waals surface area contributed by atoms with Crippen LogP contribution in [0.4, 0.5) is 5.69 Å². The highest BCUT2D eigenvalue weighted by Gasteiger charge is 2.23. The van der Waals surface area contributed by atoms with Gasteiger partial charge in [0.25, 0.3) is 5.91 Å². The molecule has 32 heavy (non-hydrogen) atoms. The van der Waals surface area contributed by atoms with Crippen molar-refractivity contribution in [2.45, 2.75) is 6.92 Å². The van der Waals surface area contributed by atoms with E-state index in [2.05, 4.69) is 10.5 Å². The second-order valence-electron chi connectivity index (χ2n) is 6.42. The lowest BCUT2D eigenvalue weighted by molar-refractivity contribution is -0.119. The number of sulfonamides is 1. The molecule has 2 rings (SSSR count). The molecule has 0 aliphatic carbocycles. The first kappa shape index (κ1) is 24.8. The van der Waals surface area contributed by atoms with E-state index in [0.717, 1.165) is 10.6 Å². The number of carbonyl (C=O) groups excluding carboxylic acids is 1. The monoisotopic (exact) mass is 465 g/mol. The van der Waals surface area contributed by atoms with Crippen LogP contribution in [0.5, 0.6) is 23.0 Å². The second kappa shape index (κ2) is 11.2. The number of hydrogen-bond acceptors (Lipinski definition) is 8. The molecule has 0 heterocycles. The SMILES string of the molecule is CCOc1ccccc1N(CC(=O)N/N=C\c1cc(OC)c(OC)c(OC)c1)S(C)(=O)=O. The van der Waals surface area contributed by atoms with Gasteiger partial charge in [-0.25, -0.2) is 13.8 Å². The highest BCUT2D eigenvalue weighted by molar-refractivity contribution is 7.92. The first-order chi connectivity index (χ1) is 15.2. The molecule has 1 N–H and O–H groups in total. The van der Waals surface area contributed by atoms with E-state index in [4.69, 9.17) is 18.9 Å². The maximum Gasteiger partial charge on any atom is 0.260 e. The van der Waals surface area contributed by atoms with Gasteiger partial charge in [0.15, 0.2) is 11.5 Å². The van der Waals surface area contributed by atoms with Gasteiger partial charge in [-0.15, -0.1) is 0 Å². The summed E-state index contributed by atoms with van der Waals surface area (Å²) in [5.41, 5.74) is 3.16. The summed E-state index contributed by atoms with van der Waals surface area (Å²) < 4.78 is 46.9. The van der Waals surface area contributed by atoms with E-state index >= 15 is 0 Å². The fourth-order valence-electron chi connectivity index (χ4n) is 2.84. The van der Waals surface area contributed by atoms with Gasteiger partial charge in [0.2, 0.25) is 15.8 Å². The van der Waals surface area contributed by atoms with Gasteiger partial charge >= 0.3 is 0 Å². The summed E-state index contributed by atoms with van der Waals surface area (Å²) in [7, 11) is 0.701. The number of para-hydroxylation sites is 2. The number of nitrogens with zero attached hydrogens (tertiary/aromatic N) is 2. The Morgan fingerprint density at radius 1 is 1.06 bits per heavy atom. The molecule has 0 unspecified atom stereocenters. The number of ether oxygens (including phenoxy) is 4. The number of benzene rings is 2. The van der Waals surface area contributed by atoms with Crippen molar-refractivity contribution in [2.75, 3.05) is 45.0 Å². The Morgan fingerprint density at radius 2 is 1.69 bits per heavy atom. The van der Waals surface area contributed by atoms with Crippen LogP contribution in [0.25, 0.3) is 0 Å². The number of rotatable bonds is 11. The molecule has 0 saturated carbocycles. The summed E-state index contributed by atoms with van der Waals surface area (Å²) in [4.78, 5) is 12.4. The predicted octanol–water partition coefficient (Wildman–Crippen LogP) is 2.03. The normalized spacial score (nSPS) is 11.2. The molecule has 174 valence electrons. The van der Waals surface area contributed by atoms with E-state index in [1.807, 2.05) is 0 Å². The highest BCUT2D eigenvalue weighted by atomic mass is 32.2. The van der Waals surface area contributed by atoms with Gasteiger partial charge in [-0.1, -0.05) is 12.1 Å². The Balaban J connectivity index is 2.19. The van der Waals surface area contributed by atoms with Crippen molar-refractivity contribution in [1.82, 2.24) is 5.43 Å². The van der Waals surface area contributed by atoms with Crippen LogP contribution in [-0.2, 0) is 14.8 Å². The van der Waals surface area contributed by atoms with E-state index in [9.17, 15) is 13.2 Å². The number of hydrogen-bond donors (Lipinski definition) is 1. The minimum Gasteiger partial charge on any atom is -0.493 e. The third-order valence-corrected chi connectivity index (χ3v) is 5.34. The summed E-state index contributed by atoms with van der Waals surface area (Å²) in [6.07, 6.45) is 2.39. The van der Waals surface area contributed by atoms with E-state index in [1.54, 1.807) is 43.3 Å². The number of nitrogens with one attached hydrogen (secondary N) is 1. The van der Waals surface area contributed by atoms with Gasteiger partial charge in [-0.3, -0.25) is 9.10 Å². The molecule has 2 aromatic carbocycles. The topological polar surface area (TPSA) is 116 Å². The third-order valence-electron chi connectivity index (χ3n) is 4.21. The van der Waals surface area contributed by atoms with Crippen LogP contribution in [0.1, 0.15) is 12.5 Å². The molecular formula is C21H27N3O7S. The van der Waals surface area contributed by atoms with Crippen molar-refractivity contribution < 1.29 is 32.2 Å². The lowest BCUT2D eigenvalue weighted by atomic mass is 10.2. The van der Waals surface area contributed by atoms with E-state index in [0.29, 0.717) is 35.2 Å². The molecule has 0 fully saturated rings. The standard InChI is InChI=1S/C21H27N3O7S/c1-6-31-17-10-8-7-9-16(17)24(32(5,26)27)14-20(25)23-22-13-15-11-18(28-2)21(30-4)19(12-15)29-3/h7-13H,6,14H2,1-5H3,(H,23,25)/b22-13-. The van der Waals surface area contributed by atoms with Crippen molar-refractivity contribution in [3.63, 3.8) is 0 Å². The number of amides is 1. The first-order valence-electron chi connectivity index (χ1n) is 9.56. The quantitative estimate of drug-likeness (QED) is 0.399. The number of methoxy groups -OCH3 is 3. The first-order valence-corrected chi connectivity index (χ1v) is 11.4. The summed E-state index contributed by atoms with van der Waals surface area (Å²) in [5.74, 6) is 0.998. The van der Waals surface area contributed by atoms with Crippen molar-refractivity contribution in [1.29, 1.82) is 0 Å². The number of carbonyl (C=O) groups is 1. The number of anilines is 1. The van der Waals surface area contributed by atoms with Gasteiger partial charge in [0, 0.05) is 5.56 Å². The second-order valence-corrected chi connectivity index (χ2v) is 8.33. The Kier molecular flexibility index (Phi) is 8.71. The molecule has 0 bridgehead atoms. The predicted molar refractivity (Wildman–Crippen MR) is 122 cm³/mol. The van der Waals surface area contributed by atoms with Crippen LogP contribution < -0.4 is 28.7 Å². The summed E-state index contributed by atoms with van der Waals surface area (Å²) in [5, 5.41) is 3.91. The summed E-state index contributed by atoms with van der Waals surface area (Å²) in [6, 6.07) is 9.89. The zero-order valence-corrected chi connectivity index (χ0v) is 19.4. The molecule has 0 saturated heterocycles. The van der Waals surface area contributed by atoms with Crippen LogP contribution in [0, 0.1) is 0 Å². The Morgan fingerprint density at radius 3 is 2.22 bits per heavy atom. The zero-order valence-electron chi connectivity index (χ0n) is 18.6. The maximum atomic E-state index is 12.4. The van der Waals surface area contributed by atoms with Crippen LogP contribution >= 0.6 is 0 Å². The van der Waals surface area contributed by atoms with E-state index in [1.165, 1.54) is 27.5 Å². The third kappa shape index (κ3) is 6.27. The average Bonchev–Trinajstić information content (AvgIpc) is 2.76. The van der Waals surface area contributed by atoms with Crippen LogP contribution in [0.15, 0.2) is 41.5 Å². The fourth-order valence-corrected chi connectivity index (χ4v) is 3.70. The van der Waals surface area contributed by atoms with E-state index < -0.39 is 22.5 Å². The molecule has 0 aromatic heterocycles. The van der Waals surface area contributed by atoms with Crippen molar-refractivity contribution in [3.8, 4) is 23.0 Å². The molecule has 0 aliphatic rings. The minimum atomic E-state index is -3.76. The largest absolute Gasteiger partial charge is 0.493 e. The van der Waals surface area contributed by atoms with Gasteiger partial charge in [0.1, 0.15) is 12.3 Å². The minimum absolute atomic E-state index is 0.264. The van der Waals surface area contributed by atoms with Gasteiger partial charge < -0.3 is 18.9 Å². The maximum absolute atomic E-state index is 12.4. The number of hydrazone groups is 1. The lowest BCUT2D eigenvalue weighted by Crippen LogP contribution is -2.39. The zero-order chi connectivity index (χ0) is 23.7. The van der Waals surface area contributed by atoms with Crippen LogP contribution in [0.2, 0.25) is 0 Å². The molecule has 0 atom stereocenters. The fraction of sp³-hybridized carbons (Fsp3) is 0.333. The van der Waals surface area contributed by atoms with Gasteiger partial charge in [-0.05, 0) is 31.2 Å². The van der Waals surface area contributed by atoms with Crippen molar-refractivity contribution >= 4 is 27.8 Å². The van der Waals surface area contributed by atoms with Gasteiger partial charge in [0.05, 0.1) is 46.1 Å². The molecule has 0 aliphatic heterocycles. The molecule has 2 aromatic rings. The molecular weight excluding hydrogens is 438 g/mol. The molecule has 1 amide bonds. The molecule has 0 radical (unpaired) electrons. The highest BCUT2D eigenvalue weighted by Crippen LogP contribution is 2.37. The molecule has 10 nitrogen and oxygen atoms in total. The lowest BCUT2D eigenvalue weighted by Gasteiger charge is -2.23. The van der Waals surface area contributed by atoms with Crippen molar-refractivity contribution in [2.24, 2.45) is 5.10 Å². The Bertz CT molecular complexity index is 1050. The van der Waals surface area contributed by atoms with Crippen LogP contribution in [-0.4, -0.2) is 61.3 Å². The Labute approximate surface area is 187 Å². The molecule has 11 heteroatoms. The summed E-state index contributed by atoms with van der Waals surface area (Å²) in [6.45, 7) is 1.65. The van der Waals surface area contributed by atoms with Gasteiger partial charge in [-0.2, -0.15) is 5.10 Å². The van der Waals surface area contributed by atoms with Crippen LogP contribution in [0.3, 0.4) is 0 Å². The summed E-state index contributed by atoms with van der Waals surface area (Å²) >= 11 is 0. The molecule has 0 spiro atoms. The smallest absolute Gasteiger partial charge is 0.260 e. The Hall–Kier alpha value is -3.47. The van der Waals surface area contributed by atoms with E-state index in [-0.39, 0.29) is 5.69 Å². The average molecular weight is 466 g/mol.